The van der Waals surface area contributed by atoms with Crippen LogP contribution < -0.4 is 4.74 Å². The maximum Gasteiger partial charge on any atom is 0.500 e. The monoisotopic (exact) mass is 298 g/mol. The lowest BCUT2D eigenvalue weighted by Gasteiger charge is -2.25. The van der Waals surface area contributed by atoms with E-state index in [9.17, 15) is 0 Å². The minimum atomic E-state index is -2.51. The van der Waals surface area contributed by atoms with Crippen molar-refractivity contribution in [2.24, 2.45) is 0 Å². The Morgan fingerprint density at radius 2 is 1.90 bits per heavy atom. The molecule has 0 bridgehead atoms. The summed E-state index contributed by atoms with van der Waals surface area (Å²) in [5.41, 5.74) is 2.29. The summed E-state index contributed by atoms with van der Waals surface area (Å²) >= 11 is 0. The molecule has 1 heterocycles. The third-order valence-corrected chi connectivity index (χ3v) is 6.27. The molecule has 1 atom stereocenters. The van der Waals surface area contributed by atoms with E-state index in [1.165, 1.54) is 5.56 Å². The number of fused-ring (bicyclic) bond motifs is 1. The van der Waals surface area contributed by atoms with Crippen molar-refractivity contribution in [1.82, 2.24) is 0 Å². The molecule has 0 saturated carbocycles. The van der Waals surface area contributed by atoms with Crippen molar-refractivity contribution in [3.63, 3.8) is 0 Å². The summed E-state index contributed by atoms with van der Waals surface area (Å²) in [5.74, 6) is 0.904. The molecule has 0 fully saturated rings. The van der Waals surface area contributed by atoms with E-state index in [1.54, 1.807) is 21.3 Å². The molecule has 1 aliphatic heterocycles. The van der Waals surface area contributed by atoms with Gasteiger partial charge < -0.3 is 22.8 Å². The minimum Gasteiger partial charge on any atom is -0.465 e. The van der Waals surface area contributed by atoms with Gasteiger partial charge in [-0.1, -0.05) is 6.07 Å². The second-order valence-electron chi connectivity index (χ2n) is 4.73. The lowest BCUT2D eigenvalue weighted by molar-refractivity contribution is -0.0944. The number of hydrogen-bond donors (Lipinski definition) is 0. The van der Waals surface area contributed by atoms with Crippen molar-refractivity contribution in [2.45, 2.75) is 32.3 Å². The summed E-state index contributed by atoms with van der Waals surface area (Å²) < 4.78 is 27.4. The van der Waals surface area contributed by atoms with E-state index in [2.05, 4.69) is 12.1 Å². The zero-order valence-electron chi connectivity index (χ0n) is 12.5. The van der Waals surface area contributed by atoms with Crippen LogP contribution in [0.4, 0.5) is 0 Å². The van der Waals surface area contributed by atoms with Crippen LogP contribution in [0.2, 0.25) is 6.04 Å². The van der Waals surface area contributed by atoms with Gasteiger partial charge in [0.15, 0.2) is 6.29 Å². The predicted octanol–water partition coefficient (Wildman–Crippen LogP) is 2.36. The Balaban J connectivity index is 2.04. The molecule has 1 aromatic rings. The molecule has 1 aliphatic rings. The fourth-order valence-corrected chi connectivity index (χ4v) is 4.00. The van der Waals surface area contributed by atoms with Crippen LogP contribution in [0, 0.1) is 0 Å². The van der Waals surface area contributed by atoms with Gasteiger partial charge in [-0.25, -0.2) is 0 Å². The van der Waals surface area contributed by atoms with Crippen LogP contribution in [0.1, 0.15) is 18.1 Å². The highest BCUT2D eigenvalue weighted by Gasteiger charge is 2.37. The van der Waals surface area contributed by atoms with Crippen molar-refractivity contribution in [3.8, 4) is 5.75 Å². The summed E-state index contributed by atoms with van der Waals surface area (Å²) in [5, 5.41) is 0. The highest BCUT2D eigenvalue weighted by atomic mass is 28.4. The highest BCUT2D eigenvalue weighted by molar-refractivity contribution is 6.60. The van der Waals surface area contributed by atoms with Crippen LogP contribution in [-0.4, -0.2) is 36.4 Å². The first-order chi connectivity index (χ1) is 9.62. The molecular weight excluding hydrogens is 276 g/mol. The second kappa shape index (κ2) is 6.69. The Morgan fingerprint density at radius 1 is 1.20 bits per heavy atom. The van der Waals surface area contributed by atoms with Crippen LogP contribution in [0.3, 0.4) is 0 Å². The highest BCUT2D eigenvalue weighted by Crippen LogP contribution is 2.28. The number of benzene rings is 1. The van der Waals surface area contributed by atoms with Gasteiger partial charge >= 0.3 is 8.80 Å². The zero-order valence-corrected chi connectivity index (χ0v) is 13.5. The van der Waals surface area contributed by atoms with Gasteiger partial charge in [-0.15, -0.1) is 0 Å². The molecule has 1 aromatic carbocycles. The van der Waals surface area contributed by atoms with Gasteiger partial charge in [-0.3, -0.25) is 0 Å². The molecule has 2 rings (SSSR count). The van der Waals surface area contributed by atoms with Gasteiger partial charge in [0.05, 0.1) is 6.61 Å². The number of hydrogen-bond acceptors (Lipinski definition) is 5. The molecule has 112 valence electrons. The van der Waals surface area contributed by atoms with Crippen LogP contribution in [0.25, 0.3) is 0 Å². The third kappa shape index (κ3) is 3.39. The Bertz CT molecular complexity index is 439. The molecule has 0 aliphatic carbocycles. The van der Waals surface area contributed by atoms with Gasteiger partial charge in [0, 0.05) is 32.9 Å². The first kappa shape index (κ1) is 15.5. The smallest absolute Gasteiger partial charge is 0.465 e. The number of aryl methyl sites for hydroxylation is 1. The Labute approximate surface area is 121 Å². The largest absolute Gasteiger partial charge is 0.500 e. The van der Waals surface area contributed by atoms with E-state index in [0.717, 1.165) is 23.8 Å². The summed E-state index contributed by atoms with van der Waals surface area (Å²) in [6.45, 7) is 2.48. The quantitative estimate of drug-likeness (QED) is 0.755. The van der Waals surface area contributed by atoms with Crippen molar-refractivity contribution in [3.05, 3.63) is 29.3 Å². The first-order valence-corrected chi connectivity index (χ1v) is 8.61. The van der Waals surface area contributed by atoms with Gasteiger partial charge in [-0.05, 0) is 31.0 Å². The lowest BCUT2D eigenvalue weighted by atomic mass is 10.1. The molecule has 0 aromatic heterocycles. The molecule has 20 heavy (non-hydrogen) atoms. The van der Waals surface area contributed by atoms with E-state index in [1.807, 2.05) is 13.0 Å². The maximum atomic E-state index is 5.61. The summed E-state index contributed by atoms with van der Waals surface area (Å²) in [6, 6.07) is 6.92. The molecule has 0 amide bonds. The molecule has 0 spiro atoms. The number of ether oxygens (including phenoxy) is 2. The predicted molar refractivity (Wildman–Crippen MR) is 76.6 cm³/mol. The fraction of sp³-hybridized carbons (Fsp3) is 0.571. The van der Waals surface area contributed by atoms with Gasteiger partial charge in [0.1, 0.15) is 5.75 Å². The van der Waals surface area contributed by atoms with E-state index in [-0.39, 0.29) is 6.29 Å². The van der Waals surface area contributed by atoms with Crippen molar-refractivity contribution in [1.29, 1.82) is 0 Å². The number of rotatable bonds is 6. The third-order valence-electron chi connectivity index (χ3n) is 3.54. The SMILES string of the molecule is CO[Si](CCc1ccc2c(c1)COC(C)O2)(OC)OC. The van der Waals surface area contributed by atoms with Crippen LogP contribution in [0.5, 0.6) is 5.75 Å². The summed E-state index contributed by atoms with van der Waals surface area (Å²) in [4.78, 5) is 0. The van der Waals surface area contributed by atoms with E-state index in [0.29, 0.717) is 6.61 Å². The van der Waals surface area contributed by atoms with Gasteiger partial charge in [0.2, 0.25) is 0 Å². The molecule has 1 unspecified atom stereocenters. The molecule has 0 saturated heterocycles. The van der Waals surface area contributed by atoms with Crippen LogP contribution >= 0.6 is 0 Å². The average Bonchev–Trinajstić information content (AvgIpc) is 2.49. The van der Waals surface area contributed by atoms with E-state index >= 15 is 0 Å². The summed E-state index contributed by atoms with van der Waals surface area (Å²) in [6.07, 6.45) is 0.661. The standard InChI is InChI=1S/C14H22O5Si/c1-11-18-10-13-9-12(5-6-14(13)19-11)7-8-20(15-2,16-3)17-4/h5-6,9,11H,7-8,10H2,1-4H3. The zero-order chi connectivity index (χ0) is 14.6. The maximum absolute atomic E-state index is 5.61. The summed E-state index contributed by atoms with van der Waals surface area (Å²) in [7, 11) is 2.39. The van der Waals surface area contributed by atoms with Crippen LogP contribution in [0.15, 0.2) is 18.2 Å². The Hall–Kier alpha value is -0.923. The van der Waals surface area contributed by atoms with E-state index in [4.69, 9.17) is 22.8 Å². The fourth-order valence-electron chi connectivity index (χ4n) is 2.29. The topological polar surface area (TPSA) is 46.2 Å². The van der Waals surface area contributed by atoms with Crippen molar-refractivity contribution < 1.29 is 22.8 Å². The molecule has 0 radical (unpaired) electrons. The van der Waals surface area contributed by atoms with Crippen molar-refractivity contribution in [2.75, 3.05) is 21.3 Å². The second-order valence-corrected chi connectivity index (χ2v) is 7.82. The van der Waals surface area contributed by atoms with Gasteiger partial charge in [0.25, 0.3) is 0 Å². The molecule has 0 N–H and O–H groups in total. The minimum absolute atomic E-state index is 0.177. The van der Waals surface area contributed by atoms with E-state index < -0.39 is 8.80 Å². The molecular formula is C14H22O5Si. The lowest BCUT2D eigenvalue weighted by Crippen LogP contribution is -2.43. The van der Waals surface area contributed by atoms with Crippen LogP contribution in [-0.2, 0) is 31.0 Å². The average molecular weight is 298 g/mol. The molecule has 5 nitrogen and oxygen atoms in total. The first-order valence-electron chi connectivity index (χ1n) is 6.68. The Morgan fingerprint density at radius 3 is 2.55 bits per heavy atom. The van der Waals surface area contributed by atoms with Crippen molar-refractivity contribution >= 4 is 8.80 Å². The normalized spacial score (nSPS) is 18.5. The molecule has 6 heteroatoms. The van der Waals surface area contributed by atoms with Gasteiger partial charge in [-0.2, -0.15) is 0 Å². The Kier molecular flexibility index (Phi) is 5.17.